The van der Waals surface area contributed by atoms with Gasteiger partial charge in [0.2, 0.25) is 0 Å². The Labute approximate surface area is 346 Å². The van der Waals surface area contributed by atoms with Crippen molar-refractivity contribution in [2.75, 3.05) is 0 Å². The number of unbranched alkanes of at least 4 members (excludes halogenated alkanes) is 22. The second-order valence-electron chi connectivity index (χ2n) is 14.6. The molecular formula is C48H74HgO4. The number of allylic oxidation sites excluding steroid dienone is 4. The molecule has 0 aliphatic carbocycles. The summed E-state index contributed by atoms with van der Waals surface area (Å²) < 4.78 is 0. The summed E-state index contributed by atoms with van der Waals surface area (Å²) in [6.45, 7) is 0. The molecular weight excluding hydrogens is 841 g/mol. The van der Waals surface area contributed by atoms with Crippen LogP contribution in [-0.2, 0) is 50.1 Å². The number of carbonyl (C=O) groups is 2. The molecule has 0 unspecified atom stereocenters. The first kappa shape index (κ1) is 50.8. The van der Waals surface area contributed by atoms with Gasteiger partial charge in [0.05, 0.1) is 0 Å². The minimum atomic E-state index is -0.917. The number of hydrogen-bond acceptors (Lipinski definition) is 4. The first-order chi connectivity index (χ1) is 25.6. The second kappa shape index (κ2) is 41.0. The molecule has 2 rings (SSSR count). The quantitative estimate of drug-likeness (QED) is 0.0398. The zero-order chi connectivity index (χ0) is 37.4. The van der Waals surface area contributed by atoms with E-state index in [4.69, 9.17) is 0 Å². The smallest absolute Gasteiger partial charge is 0.550 e. The molecule has 0 aliphatic heterocycles. The minimum absolute atomic E-state index is 0. The zero-order valence-electron chi connectivity index (χ0n) is 33.6. The summed E-state index contributed by atoms with van der Waals surface area (Å²) >= 11 is 0. The van der Waals surface area contributed by atoms with Crippen LogP contribution in [0.5, 0.6) is 0 Å². The number of benzene rings is 2. The zero-order valence-corrected chi connectivity index (χ0v) is 39.1. The molecule has 0 radical (unpaired) electrons. The number of carboxylic acid groups (broad SMARTS) is 2. The van der Waals surface area contributed by atoms with Crippen molar-refractivity contribution in [1.82, 2.24) is 0 Å². The van der Waals surface area contributed by atoms with E-state index in [9.17, 15) is 19.8 Å². The fourth-order valence-corrected chi connectivity index (χ4v) is 6.48. The molecule has 0 amide bonds. The summed E-state index contributed by atoms with van der Waals surface area (Å²) in [7, 11) is 0. The van der Waals surface area contributed by atoms with Gasteiger partial charge in [-0.25, -0.2) is 0 Å². The summed E-state index contributed by atoms with van der Waals surface area (Å²) in [5, 5.41) is 20.6. The summed E-state index contributed by atoms with van der Waals surface area (Å²) in [4.78, 5) is 20.6. The van der Waals surface area contributed by atoms with Crippen LogP contribution in [0, 0.1) is 0 Å². The molecule has 0 bridgehead atoms. The van der Waals surface area contributed by atoms with Crippen molar-refractivity contribution >= 4 is 11.9 Å². The van der Waals surface area contributed by atoms with Gasteiger partial charge in [-0.1, -0.05) is 175 Å². The van der Waals surface area contributed by atoms with Crippen LogP contribution < -0.4 is 10.2 Å². The normalized spacial score (nSPS) is 11.0. The third-order valence-corrected chi connectivity index (χ3v) is 9.69. The van der Waals surface area contributed by atoms with E-state index in [1.54, 1.807) is 0 Å². The molecule has 2 aromatic rings. The van der Waals surface area contributed by atoms with Crippen LogP contribution in [0.4, 0.5) is 0 Å². The van der Waals surface area contributed by atoms with E-state index in [0.29, 0.717) is 0 Å². The maximum Gasteiger partial charge on any atom is 2.00 e. The molecule has 0 aromatic heterocycles. The topological polar surface area (TPSA) is 80.3 Å². The van der Waals surface area contributed by atoms with E-state index in [0.717, 1.165) is 38.5 Å². The number of rotatable bonds is 34. The maximum atomic E-state index is 10.3. The fraction of sp³-hybridized carbons (Fsp3) is 0.625. The van der Waals surface area contributed by atoms with Gasteiger partial charge >= 0.3 is 27.7 Å². The summed E-state index contributed by atoms with van der Waals surface area (Å²) in [6, 6.07) is 21.6. The number of hydrogen-bond donors (Lipinski definition) is 0. The molecule has 292 valence electrons. The summed E-state index contributed by atoms with van der Waals surface area (Å²) in [5.41, 5.74) is 2.94. The van der Waals surface area contributed by atoms with Crippen molar-refractivity contribution in [2.45, 2.75) is 193 Å². The van der Waals surface area contributed by atoms with Crippen molar-refractivity contribution in [2.24, 2.45) is 0 Å². The van der Waals surface area contributed by atoms with Gasteiger partial charge in [-0.3, -0.25) is 0 Å². The van der Waals surface area contributed by atoms with E-state index >= 15 is 0 Å². The largest absolute Gasteiger partial charge is 2.00 e. The molecule has 0 saturated carbocycles. The standard InChI is InChI=1S/2C24H38O2.Hg/c2*25-24(26)22-18-13-11-9-7-5-3-1-2-4-6-8-10-12-15-19-23-20-16-14-17-21-23;/h2*1,3,14,16-17,20-21H,2,4-13,15,18-19,22H2,(H,25,26);/q;;+2/p-2/b2*3-1-;. The molecule has 53 heavy (non-hydrogen) atoms. The van der Waals surface area contributed by atoms with E-state index in [-0.39, 0.29) is 40.5 Å². The third-order valence-electron chi connectivity index (χ3n) is 9.69. The Morgan fingerprint density at radius 2 is 0.604 bits per heavy atom. The third kappa shape index (κ3) is 39.3. The first-order valence-corrected chi connectivity index (χ1v) is 21.4. The molecule has 0 saturated heterocycles. The number of carbonyl (C=O) groups excluding carboxylic acids is 2. The Hall–Kier alpha value is -2.20. The SMILES string of the molecule is O=C([O-])CCCCCCC/C=C\CCCCCCCCc1ccccc1.O=C([O-])CCCCCCC/C=C\CCCCCCCCc1ccccc1.[Hg+2]. The van der Waals surface area contributed by atoms with Gasteiger partial charge in [-0.2, -0.15) is 0 Å². The Kier molecular flexibility index (Phi) is 39.3. The Bertz CT molecular complexity index is 1030. The molecule has 0 N–H and O–H groups in total. The van der Waals surface area contributed by atoms with Crippen LogP contribution in [0.2, 0.25) is 0 Å². The van der Waals surface area contributed by atoms with Gasteiger partial charge in [0.15, 0.2) is 0 Å². The average Bonchev–Trinajstić information content (AvgIpc) is 3.15. The van der Waals surface area contributed by atoms with Crippen LogP contribution in [0.1, 0.15) is 191 Å². The molecule has 0 spiro atoms. The molecule has 0 heterocycles. The van der Waals surface area contributed by atoms with Crippen LogP contribution in [-0.4, -0.2) is 11.9 Å². The Balaban J connectivity index is 0.00000100. The van der Waals surface area contributed by atoms with Crippen LogP contribution >= 0.6 is 0 Å². The van der Waals surface area contributed by atoms with Gasteiger partial charge in [0, 0.05) is 11.9 Å². The van der Waals surface area contributed by atoms with Gasteiger partial charge in [-0.05, 0) is 114 Å². The summed E-state index contributed by atoms with van der Waals surface area (Å²) in [5.74, 6) is -1.83. The first-order valence-electron chi connectivity index (χ1n) is 21.4. The van der Waals surface area contributed by atoms with Crippen LogP contribution in [0.3, 0.4) is 0 Å². The second-order valence-corrected chi connectivity index (χ2v) is 14.6. The van der Waals surface area contributed by atoms with Crippen molar-refractivity contribution in [1.29, 1.82) is 0 Å². The Morgan fingerprint density at radius 1 is 0.358 bits per heavy atom. The van der Waals surface area contributed by atoms with Crippen LogP contribution in [0.25, 0.3) is 0 Å². The van der Waals surface area contributed by atoms with Gasteiger partial charge in [0.1, 0.15) is 0 Å². The minimum Gasteiger partial charge on any atom is -0.550 e. The average molecular weight is 916 g/mol. The molecule has 4 nitrogen and oxygen atoms in total. The van der Waals surface area contributed by atoms with Crippen LogP contribution in [0.15, 0.2) is 85.0 Å². The van der Waals surface area contributed by atoms with Crippen molar-refractivity contribution in [3.8, 4) is 0 Å². The fourth-order valence-electron chi connectivity index (χ4n) is 6.48. The van der Waals surface area contributed by atoms with Crippen molar-refractivity contribution in [3.63, 3.8) is 0 Å². The van der Waals surface area contributed by atoms with Crippen molar-refractivity contribution in [3.05, 3.63) is 96.1 Å². The summed E-state index contributed by atoms with van der Waals surface area (Å²) in [6.07, 6.45) is 43.9. The molecule has 2 aromatic carbocycles. The molecule has 5 heteroatoms. The number of carboxylic acids is 2. The number of aryl methyl sites for hydroxylation is 2. The molecule has 0 fully saturated rings. The van der Waals surface area contributed by atoms with E-state index in [2.05, 4.69) is 85.0 Å². The van der Waals surface area contributed by atoms with E-state index in [1.165, 1.54) is 152 Å². The van der Waals surface area contributed by atoms with E-state index < -0.39 is 11.9 Å². The van der Waals surface area contributed by atoms with E-state index in [1.807, 2.05) is 0 Å². The number of aliphatic carboxylic acids is 2. The molecule has 0 aliphatic rings. The van der Waals surface area contributed by atoms with Gasteiger partial charge in [0.25, 0.3) is 0 Å². The molecule has 0 atom stereocenters. The predicted octanol–water partition coefficient (Wildman–Crippen LogP) is 12.0. The predicted molar refractivity (Wildman–Crippen MR) is 218 cm³/mol. The van der Waals surface area contributed by atoms with Gasteiger partial charge in [-0.15, -0.1) is 0 Å². The Morgan fingerprint density at radius 3 is 0.887 bits per heavy atom. The van der Waals surface area contributed by atoms with Crippen molar-refractivity contribution < 1.29 is 47.5 Å². The monoisotopic (exact) mass is 917 g/mol. The maximum absolute atomic E-state index is 10.3. The van der Waals surface area contributed by atoms with Gasteiger partial charge < -0.3 is 19.8 Å².